The molecule has 0 aliphatic heterocycles. The smallest absolute Gasteiger partial charge is 0.235 e. The summed E-state index contributed by atoms with van der Waals surface area (Å²) in [5.41, 5.74) is 1.87. The van der Waals surface area contributed by atoms with Crippen molar-refractivity contribution in [2.24, 2.45) is 0 Å². The van der Waals surface area contributed by atoms with E-state index in [0.717, 1.165) is 6.54 Å². The van der Waals surface area contributed by atoms with Crippen LogP contribution in [0.15, 0.2) is 51.1 Å². The van der Waals surface area contributed by atoms with Crippen molar-refractivity contribution < 1.29 is 17.5 Å². The number of benzene rings is 2. The second kappa shape index (κ2) is 9.43. The number of rotatable bonds is 4. The van der Waals surface area contributed by atoms with Crippen molar-refractivity contribution >= 4 is 55.2 Å². The lowest BCUT2D eigenvalue weighted by molar-refractivity contribution is -0.669. The van der Waals surface area contributed by atoms with Gasteiger partial charge in [0.1, 0.15) is 21.4 Å². The third-order valence-electron chi connectivity index (χ3n) is 4.07. The highest BCUT2D eigenvalue weighted by atomic mass is 32.2. The van der Waals surface area contributed by atoms with Crippen LogP contribution in [-0.4, -0.2) is 25.5 Å². The maximum Gasteiger partial charge on any atom is 0.235 e. The van der Waals surface area contributed by atoms with Gasteiger partial charge in [-0.25, -0.2) is 8.42 Å². The summed E-state index contributed by atoms with van der Waals surface area (Å²) in [7, 11) is -4.28. The Kier molecular flexibility index (Phi) is 7.76. The minimum atomic E-state index is -4.28. The summed E-state index contributed by atoms with van der Waals surface area (Å²) < 4.78 is 35.3. The highest BCUT2D eigenvalue weighted by Gasteiger charge is 2.17. The van der Waals surface area contributed by atoms with Crippen LogP contribution in [0, 0.1) is 13.8 Å². The zero-order valence-electron chi connectivity index (χ0n) is 16.0. The number of thioether (sulfide) groups is 2. The highest BCUT2D eigenvalue weighted by molar-refractivity contribution is 8.01. The standard InChI is InChI=1S/C12H16NS3.C7H8O3S/c1-5-13-8(2)16-10-7-12(15-4)11(14-3)6-9(10)13;1-6-4-2-3-5-7(6)11(8,9)10/h6-7H,5H2,1-4H3;2-5H,1H3,(H,8,9,10)/q+1;/p-1. The molecular formula is C19H23NO3S4. The van der Waals surface area contributed by atoms with E-state index in [-0.39, 0.29) is 4.90 Å². The summed E-state index contributed by atoms with van der Waals surface area (Å²) >= 11 is 5.56. The molecule has 0 atom stereocenters. The number of fused-ring (bicyclic) bond motifs is 1. The number of thiazole rings is 1. The summed E-state index contributed by atoms with van der Waals surface area (Å²) in [4.78, 5) is 2.64. The van der Waals surface area contributed by atoms with Crippen molar-refractivity contribution in [3.8, 4) is 0 Å². The van der Waals surface area contributed by atoms with Crippen LogP contribution in [0.1, 0.15) is 17.5 Å². The van der Waals surface area contributed by atoms with Crippen molar-refractivity contribution in [3.05, 3.63) is 47.0 Å². The van der Waals surface area contributed by atoms with E-state index in [9.17, 15) is 13.0 Å². The van der Waals surface area contributed by atoms with Crippen LogP contribution in [0.3, 0.4) is 0 Å². The molecule has 0 unspecified atom stereocenters. The molecule has 3 rings (SSSR count). The summed E-state index contributed by atoms with van der Waals surface area (Å²) in [6.45, 7) is 7.05. The fraction of sp³-hybridized carbons (Fsp3) is 0.316. The average Bonchev–Trinajstić information content (AvgIpc) is 2.94. The van der Waals surface area contributed by atoms with E-state index in [4.69, 9.17) is 0 Å². The molecule has 27 heavy (non-hydrogen) atoms. The quantitative estimate of drug-likeness (QED) is 0.329. The lowest BCUT2D eigenvalue weighted by Gasteiger charge is -2.08. The van der Waals surface area contributed by atoms with Gasteiger partial charge in [-0.15, -0.1) is 23.5 Å². The fourth-order valence-corrected chi connectivity index (χ4v) is 6.13. The molecule has 0 bridgehead atoms. The molecule has 146 valence electrons. The van der Waals surface area contributed by atoms with Crippen molar-refractivity contribution in [2.75, 3.05) is 12.5 Å². The van der Waals surface area contributed by atoms with E-state index in [2.05, 4.69) is 43.1 Å². The molecule has 0 fully saturated rings. The molecule has 8 heteroatoms. The normalized spacial score (nSPS) is 11.3. The maximum absolute atomic E-state index is 10.5. The van der Waals surface area contributed by atoms with E-state index in [1.807, 2.05) is 34.9 Å². The average molecular weight is 442 g/mol. The third kappa shape index (κ3) is 5.26. The molecule has 1 heterocycles. The van der Waals surface area contributed by atoms with Gasteiger partial charge in [-0.05, 0) is 44.1 Å². The predicted molar refractivity (Wildman–Crippen MR) is 115 cm³/mol. The third-order valence-corrected chi connectivity index (χ3v) is 7.82. The van der Waals surface area contributed by atoms with Crippen LogP contribution in [0.25, 0.3) is 10.2 Å². The van der Waals surface area contributed by atoms with Gasteiger partial charge in [0.15, 0.2) is 0 Å². The van der Waals surface area contributed by atoms with Gasteiger partial charge in [0.2, 0.25) is 10.5 Å². The van der Waals surface area contributed by atoms with Crippen LogP contribution < -0.4 is 4.57 Å². The van der Waals surface area contributed by atoms with E-state index >= 15 is 0 Å². The van der Waals surface area contributed by atoms with Crippen LogP contribution in [0.2, 0.25) is 0 Å². The van der Waals surface area contributed by atoms with Crippen LogP contribution in [0.5, 0.6) is 0 Å². The minimum Gasteiger partial charge on any atom is -0.744 e. The Hall–Kier alpha value is -1.06. The topological polar surface area (TPSA) is 61.1 Å². The first-order chi connectivity index (χ1) is 12.7. The zero-order chi connectivity index (χ0) is 20.2. The van der Waals surface area contributed by atoms with Gasteiger partial charge >= 0.3 is 0 Å². The van der Waals surface area contributed by atoms with Crippen molar-refractivity contribution in [1.82, 2.24) is 0 Å². The number of aryl methyl sites for hydroxylation is 3. The summed E-state index contributed by atoms with van der Waals surface area (Å²) in [5.74, 6) is 0. The second-order valence-corrected chi connectivity index (χ2v) is 10.0. The molecule has 0 spiro atoms. The van der Waals surface area contributed by atoms with Gasteiger partial charge in [0.05, 0.1) is 4.90 Å². The Bertz CT molecular complexity index is 1040. The molecule has 0 amide bonds. The first-order valence-corrected chi connectivity index (χ1v) is 13.0. The number of hydrogen-bond acceptors (Lipinski definition) is 6. The van der Waals surface area contributed by atoms with Gasteiger partial charge in [-0.3, -0.25) is 0 Å². The summed E-state index contributed by atoms with van der Waals surface area (Å²) in [6.07, 6.45) is 4.30. The molecule has 0 saturated heterocycles. The van der Waals surface area contributed by atoms with E-state index < -0.39 is 10.1 Å². The fourth-order valence-electron chi connectivity index (χ4n) is 2.76. The Morgan fingerprint density at radius 3 is 2.15 bits per heavy atom. The van der Waals surface area contributed by atoms with Crippen LogP contribution in [0.4, 0.5) is 0 Å². The molecular weight excluding hydrogens is 418 g/mol. The van der Waals surface area contributed by atoms with Crippen molar-refractivity contribution in [1.29, 1.82) is 0 Å². The molecule has 0 saturated carbocycles. The SMILES string of the molecule is CC[n+]1c(C)sc2cc(SC)c(SC)cc21.Cc1ccccc1S(=O)(=O)[O-]. The van der Waals surface area contributed by atoms with E-state index in [1.165, 1.54) is 37.1 Å². The molecule has 0 radical (unpaired) electrons. The zero-order valence-corrected chi connectivity index (χ0v) is 19.2. The molecule has 3 aromatic rings. The van der Waals surface area contributed by atoms with Crippen molar-refractivity contribution in [2.45, 2.75) is 42.0 Å². The highest BCUT2D eigenvalue weighted by Crippen LogP contribution is 2.33. The van der Waals surface area contributed by atoms with Gasteiger partial charge in [0.25, 0.3) is 0 Å². The van der Waals surface area contributed by atoms with E-state index in [1.54, 1.807) is 19.1 Å². The molecule has 0 N–H and O–H groups in total. The van der Waals surface area contributed by atoms with Gasteiger partial charge in [-0.1, -0.05) is 29.5 Å². The predicted octanol–water partition coefficient (Wildman–Crippen LogP) is 4.86. The van der Waals surface area contributed by atoms with Gasteiger partial charge < -0.3 is 4.55 Å². The molecule has 4 nitrogen and oxygen atoms in total. The Labute approximate surface area is 173 Å². The lowest BCUT2D eigenvalue weighted by atomic mass is 10.2. The van der Waals surface area contributed by atoms with Crippen LogP contribution >= 0.6 is 34.9 Å². The lowest BCUT2D eigenvalue weighted by Crippen LogP contribution is -2.33. The minimum absolute atomic E-state index is 0.139. The van der Waals surface area contributed by atoms with Gasteiger partial charge in [-0.2, -0.15) is 4.57 Å². The number of aromatic nitrogens is 1. The Morgan fingerprint density at radius 2 is 1.67 bits per heavy atom. The Balaban J connectivity index is 0.000000208. The van der Waals surface area contributed by atoms with Gasteiger partial charge in [0, 0.05) is 22.8 Å². The second-order valence-electron chi connectivity index (χ2n) is 5.76. The first kappa shape index (κ1) is 22.2. The van der Waals surface area contributed by atoms with Crippen LogP contribution in [-0.2, 0) is 16.7 Å². The molecule has 1 aromatic heterocycles. The largest absolute Gasteiger partial charge is 0.744 e. The molecule has 0 aliphatic carbocycles. The van der Waals surface area contributed by atoms with E-state index in [0.29, 0.717) is 5.56 Å². The molecule has 0 aliphatic rings. The molecule has 2 aromatic carbocycles. The summed E-state index contributed by atoms with van der Waals surface area (Å²) in [5, 5.41) is 1.39. The maximum atomic E-state index is 10.5. The number of nitrogens with zero attached hydrogens (tertiary/aromatic N) is 1. The number of hydrogen-bond donors (Lipinski definition) is 0. The Morgan fingerprint density at radius 1 is 1.07 bits per heavy atom. The first-order valence-electron chi connectivity index (χ1n) is 8.29. The monoisotopic (exact) mass is 441 g/mol. The summed E-state index contributed by atoms with van der Waals surface area (Å²) in [6, 6.07) is 10.8. The van der Waals surface area contributed by atoms with Crippen molar-refractivity contribution in [3.63, 3.8) is 0 Å².